The number of hydrogen-bond acceptors (Lipinski definition) is 4. The second-order valence-electron chi connectivity index (χ2n) is 8.30. The Morgan fingerprint density at radius 3 is 2.29 bits per heavy atom. The Balaban J connectivity index is 1.66. The molecule has 0 bridgehead atoms. The van der Waals surface area contributed by atoms with Crippen LogP contribution >= 0.6 is 10.2 Å². The molecule has 0 spiro atoms. The lowest BCUT2D eigenvalue weighted by atomic mass is 10.2. The predicted molar refractivity (Wildman–Crippen MR) is 126 cm³/mol. The summed E-state index contributed by atoms with van der Waals surface area (Å²) in [4.78, 5) is 17.5. The number of rotatable bonds is 9. The van der Waals surface area contributed by atoms with E-state index in [0.717, 1.165) is 32.1 Å². The molecule has 11 heteroatoms. The molecule has 2 aromatic carbocycles. The summed E-state index contributed by atoms with van der Waals surface area (Å²) in [7, 11) is -9.78. The molecule has 2 aromatic rings. The fourth-order valence-electron chi connectivity index (χ4n) is 3.73. The highest BCUT2D eigenvalue weighted by Crippen LogP contribution is 3.02. The molecule has 5 nitrogen and oxygen atoms in total. The van der Waals surface area contributed by atoms with E-state index >= 15 is 0 Å². The van der Waals surface area contributed by atoms with Crippen LogP contribution < -0.4 is 9.64 Å². The molecular weight excluding hydrogens is 477 g/mol. The molecule has 188 valence electrons. The van der Waals surface area contributed by atoms with Gasteiger partial charge in [0.25, 0.3) is 0 Å². The number of benzene rings is 2. The zero-order chi connectivity index (χ0) is 25.0. The van der Waals surface area contributed by atoms with Gasteiger partial charge in [0.2, 0.25) is 6.41 Å². The maximum absolute atomic E-state index is 13.0. The second-order valence-corrected chi connectivity index (χ2v) is 10.7. The van der Waals surface area contributed by atoms with Gasteiger partial charge in [-0.05, 0) is 94.2 Å². The molecule has 1 heterocycles. The fourth-order valence-corrected chi connectivity index (χ4v) is 4.46. The Hall–Kier alpha value is -2.66. The highest BCUT2D eigenvalue weighted by atomic mass is 32.5. The number of likely N-dealkylation sites (tertiary alicyclic amines) is 1. The molecule has 0 aromatic heterocycles. The van der Waals surface area contributed by atoms with Gasteiger partial charge in [0.1, 0.15) is 16.5 Å². The summed E-state index contributed by atoms with van der Waals surface area (Å²) in [6.07, 6.45) is 3.92. The van der Waals surface area contributed by atoms with Crippen molar-refractivity contribution in [2.45, 2.75) is 38.0 Å². The van der Waals surface area contributed by atoms with Crippen LogP contribution in [0, 0.1) is 6.92 Å². The number of amides is 1. The van der Waals surface area contributed by atoms with Crippen molar-refractivity contribution >= 4 is 33.8 Å². The summed E-state index contributed by atoms with van der Waals surface area (Å²) in [5, 5.41) is 0. The number of hydrogen-bond donors (Lipinski definition) is 0. The number of nitrogens with zero attached hydrogens (tertiary/aromatic N) is 3. The van der Waals surface area contributed by atoms with E-state index in [2.05, 4.69) is 9.89 Å². The molecule has 0 N–H and O–H groups in total. The molecule has 3 rings (SSSR count). The van der Waals surface area contributed by atoms with Crippen molar-refractivity contribution in [3.05, 3.63) is 48.0 Å². The second kappa shape index (κ2) is 9.18. The zero-order valence-electron chi connectivity index (χ0n) is 19.0. The van der Waals surface area contributed by atoms with E-state index in [1.807, 2.05) is 0 Å². The van der Waals surface area contributed by atoms with Crippen LogP contribution in [0.25, 0.3) is 0 Å². The summed E-state index contributed by atoms with van der Waals surface area (Å²) in [5.74, 6) is 0.811. The van der Waals surface area contributed by atoms with Crippen molar-refractivity contribution in [2.75, 3.05) is 31.1 Å². The first-order valence-electron chi connectivity index (χ1n) is 10.9. The fraction of sp³-hybridized carbons (Fsp3) is 0.391. The van der Waals surface area contributed by atoms with Crippen LogP contribution in [-0.4, -0.2) is 43.4 Å². The van der Waals surface area contributed by atoms with Gasteiger partial charge in [-0.3, -0.25) is 9.69 Å². The van der Waals surface area contributed by atoms with Crippen molar-refractivity contribution in [2.24, 2.45) is 4.99 Å². The standard InChI is InChI=1S/C23H28F5N3O2S/c1-18-16-22(34(24,25,26,27)28)10-11-23(18)29-19(2)31(17-32)20-6-8-21(9-7-20)33-15-5-14-30-12-3-4-13-30/h6-11,16-17H,3-5,12-15H2,1-2H3/b29-19-. The lowest BCUT2D eigenvalue weighted by Crippen LogP contribution is -2.26. The quantitative estimate of drug-likeness (QED) is 0.119. The Morgan fingerprint density at radius 1 is 1.09 bits per heavy atom. The number of carbonyl (C=O) groups excluding carboxylic acids is 1. The van der Waals surface area contributed by atoms with Crippen LogP contribution in [0.1, 0.15) is 31.7 Å². The molecule has 1 amide bonds. The molecule has 1 aliphatic heterocycles. The monoisotopic (exact) mass is 505 g/mol. The van der Waals surface area contributed by atoms with Crippen molar-refractivity contribution in [1.82, 2.24) is 4.90 Å². The Morgan fingerprint density at radius 2 is 1.74 bits per heavy atom. The van der Waals surface area contributed by atoms with E-state index in [4.69, 9.17) is 4.74 Å². The van der Waals surface area contributed by atoms with Crippen LogP contribution in [0.5, 0.6) is 5.75 Å². The molecule has 0 unspecified atom stereocenters. The average Bonchev–Trinajstić information content (AvgIpc) is 3.26. The first kappa shape index (κ1) is 26.0. The van der Waals surface area contributed by atoms with E-state index in [1.165, 1.54) is 31.6 Å². The van der Waals surface area contributed by atoms with Crippen LogP contribution in [0.15, 0.2) is 52.4 Å². The van der Waals surface area contributed by atoms with Gasteiger partial charge >= 0.3 is 10.2 Å². The van der Waals surface area contributed by atoms with Gasteiger partial charge in [0, 0.05) is 6.54 Å². The molecule has 34 heavy (non-hydrogen) atoms. The number of aliphatic imine (C=N–C) groups is 1. The van der Waals surface area contributed by atoms with Crippen molar-refractivity contribution in [3.8, 4) is 5.75 Å². The minimum atomic E-state index is -9.78. The number of amidine groups is 1. The van der Waals surface area contributed by atoms with Crippen LogP contribution in [0.3, 0.4) is 0 Å². The first-order valence-corrected chi connectivity index (χ1v) is 12.8. The van der Waals surface area contributed by atoms with Gasteiger partial charge in [-0.2, -0.15) is 0 Å². The Labute approximate surface area is 195 Å². The van der Waals surface area contributed by atoms with Crippen molar-refractivity contribution < 1.29 is 29.0 Å². The van der Waals surface area contributed by atoms with Gasteiger partial charge in [-0.25, -0.2) is 4.99 Å². The van der Waals surface area contributed by atoms with E-state index in [-0.39, 0.29) is 17.1 Å². The lowest BCUT2D eigenvalue weighted by Gasteiger charge is -2.40. The Kier molecular flexibility index (Phi) is 7.01. The third kappa shape index (κ3) is 6.92. The molecule has 0 atom stereocenters. The summed E-state index contributed by atoms with van der Waals surface area (Å²) in [5.41, 5.74) is 0.434. The van der Waals surface area contributed by atoms with E-state index in [9.17, 15) is 24.2 Å². The number of carbonyl (C=O) groups is 1. The molecule has 0 saturated carbocycles. The molecular formula is C23H28F5N3O2S. The lowest BCUT2D eigenvalue weighted by molar-refractivity contribution is -0.106. The topological polar surface area (TPSA) is 45.1 Å². The predicted octanol–water partition coefficient (Wildman–Crippen LogP) is 7.23. The highest BCUT2D eigenvalue weighted by molar-refractivity contribution is 8.45. The zero-order valence-corrected chi connectivity index (χ0v) is 19.8. The first-order chi connectivity index (χ1) is 15.8. The molecule has 1 saturated heterocycles. The normalized spacial score (nSPS) is 17.2. The summed E-state index contributed by atoms with van der Waals surface area (Å²) in [6.45, 7) is 6.58. The van der Waals surface area contributed by atoms with E-state index in [1.54, 1.807) is 24.3 Å². The summed E-state index contributed by atoms with van der Waals surface area (Å²) >= 11 is 0. The van der Waals surface area contributed by atoms with Gasteiger partial charge < -0.3 is 9.64 Å². The number of aryl methyl sites for hydroxylation is 1. The maximum atomic E-state index is 13.0. The van der Waals surface area contributed by atoms with E-state index < -0.39 is 15.1 Å². The average molecular weight is 506 g/mol. The van der Waals surface area contributed by atoms with Crippen LogP contribution in [-0.2, 0) is 4.79 Å². The minimum Gasteiger partial charge on any atom is -0.494 e. The Bertz CT molecular complexity index is 1050. The van der Waals surface area contributed by atoms with Crippen LogP contribution in [0.4, 0.5) is 30.8 Å². The molecule has 1 aliphatic rings. The third-order valence-corrected chi connectivity index (χ3v) is 6.70. The van der Waals surface area contributed by atoms with Gasteiger partial charge in [-0.15, -0.1) is 0 Å². The number of ether oxygens (including phenoxy) is 1. The SMILES string of the molecule is C/C(=N/c1ccc(S(F)(F)(F)(F)F)cc1C)N(C=O)c1ccc(OCCCN2CCCC2)cc1. The van der Waals surface area contributed by atoms with Crippen molar-refractivity contribution in [3.63, 3.8) is 0 Å². The highest BCUT2D eigenvalue weighted by Gasteiger charge is 2.65. The molecule has 0 aliphatic carbocycles. The van der Waals surface area contributed by atoms with Gasteiger partial charge in [0.05, 0.1) is 18.0 Å². The molecule has 1 fully saturated rings. The molecule has 0 radical (unpaired) electrons. The smallest absolute Gasteiger partial charge is 0.310 e. The van der Waals surface area contributed by atoms with Crippen molar-refractivity contribution in [1.29, 1.82) is 0 Å². The third-order valence-electron chi connectivity index (χ3n) is 5.55. The number of anilines is 1. The number of halogens is 5. The van der Waals surface area contributed by atoms with Gasteiger partial charge in [-0.1, -0.05) is 19.4 Å². The summed E-state index contributed by atoms with van der Waals surface area (Å²) < 4.78 is 70.9. The largest absolute Gasteiger partial charge is 0.494 e. The van der Waals surface area contributed by atoms with E-state index in [0.29, 0.717) is 36.6 Å². The maximum Gasteiger partial charge on any atom is 0.310 e. The summed E-state index contributed by atoms with van der Waals surface area (Å²) in [6, 6.07) is 8.29. The minimum absolute atomic E-state index is 0.0490. The van der Waals surface area contributed by atoms with Crippen LogP contribution in [0.2, 0.25) is 0 Å². The van der Waals surface area contributed by atoms with Gasteiger partial charge in [0.15, 0.2) is 0 Å².